The Morgan fingerprint density at radius 3 is 1.73 bits per heavy atom. The number of aromatic nitrogens is 4. The molecule has 0 atom stereocenters. The van der Waals surface area contributed by atoms with Gasteiger partial charge in [-0.3, -0.25) is 4.57 Å². The van der Waals surface area contributed by atoms with E-state index in [-0.39, 0.29) is 0 Å². The number of hydrogen-bond acceptors (Lipinski definition) is 2. The monoisotopic (exact) mass is 662 g/mol. The van der Waals surface area contributed by atoms with Gasteiger partial charge in [0, 0.05) is 38.2 Å². The van der Waals surface area contributed by atoms with E-state index in [9.17, 15) is 0 Å². The first-order chi connectivity index (χ1) is 25.8. The van der Waals surface area contributed by atoms with Gasteiger partial charge in [-0.15, -0.1) is 0 Å². The zero-order chi connectivity index (χ0) is 34.2. The van der Waals surface area contributed by atoms with Gasteiger partial charge in [0.25, 0.3) is 0 Å². The summed E-state index contributed by atoms with van der Waals surface area (Å²) in [4.78, 5) is 10.6. The van der Waals surface area contributed by atoms with Gasteiger partial charge >= 0.3 is 0 Å². The SMILES string of the molecule is c1ccc(-c2ccc(-n3c4cc5c(cc4c4ccc6ccccc6c43)c3ccccc3n5-c3nc4ccccc4nc3-c3ccccc3)cc2)cc1. The van der Waals surface area contributed by atoms with Gasteiger partial charge in [0.2, 0.25) is 0 Å². The highest BCUT2D eigenvalue weighted by molar-refractivity contribution is 6.23. The lowest BCUT2D eigenvalue weighted by Gasteiger charge is -2.14. The van der Waals surface area contributed by atoms with Crippen LogP contribution in [0.3, 0.4) is 0 Å². The average Bonchev–Trinajstić information content (AvgIpc) is 3.72. The third kappa shape index (κ3) is 4.28. The minimum atomic E-state index is 0.816. The van der Waals surface area contributed by atoms with Crippen molar-refractivity contribution in [2.45, 2.75) is 0 Å². The molecule has 0 aliphatic carbocycles. The Balaban J connectivity index is 1.27. The zero-order valence-corrected chi connectivity index (χ0v) is 28.1. The molecular formula is C48H30N4. The molecule has 0 bridgehead atoms. The fraction of sp³-hybridized carbons (Fsp3) is 0. The van der Waals surface area contributed by atoms with Crippen LogP contribution in [0.4, 0.5) is 0 Å². The first-order valence-electron chi connectivity index (χ1n) is 17.7. The van der Waals surface area contributed by atoms with Crippen LogP contribution in [0.15, 0.2) is 182 Å². The maximum Gasteiger partial charge on any atom is 0.165 e. The van der Waals surface area contributed by atoms with Crippen molar-refractivity contribution in [3.05, 3.63) is 182 Å². The van der Waals surface area contributed by atoms with Gasteiger partial charge in [-0.05, 0) is 59.0 Å². The molecule has 0 amide bonds. The molecule has 4 nitrogen and oxygen atoms in total. The molecule has 3 aromatic heterocycles. The van der Waals surface area contributed by atoms with Gasteiger partial charge in [0.1, 0.15) is 5.69 Å². The number of nitrogens with zero attached hydrogens (tertiary/aromatic N) is 4. The molecule has 0 aliphatic heterocycles. The molecular weight excluding hydrogens is 633 g/mol. The number of benzene rings is 8. The minimum absolute atomic E-state index is 0.816. The Kier molecular flexibility index (Phi) is 6.22. The van der Waals surface area contributed by atoms with Gasteiger partial charge in [-0.2, -0.15) is 0 Å². The molecule has 242 valence electrons. The molecule has 0 spiro atoms. The summed E-state index contributed by atoms with van der Waals surface area (Å²) in [7, 11) is 0. The summed E-state index contributed by atoms with van der Waals surface area (Å²) in [5, 5.41) is 7.27. The second-order valence-corrected chi connectivity index (χ2v) is 13.4. The number of fused-ring (bicyclic) bond motifs is 9. The highest BCUT2D eigenvalue weighted by atomic mass is 15.1. The molecule has 11 rings (SSSR count). The van der Waals surface area contributed by atoms with E-state index >= 15 is 0 Å². The third-order valence-electron chi connectivity index (χ3n) is 10.5. The summed E-state index contributed by atoms with van der Waals surface area (Å²) in [6.07, 6.45) is 0. The largest absolute Gasteiger partial charge is 0.309 e. The van der Waals surface area contributed by atoms with E-state index in [0.717, 1.165) is 50.3 Å². The summed E-state index contributed by atoms with van der Waals surface area (Å²) >= 11 is 0. The molecule has 0 N–H and O–H groups in total. The van der Waals surface area contributed by atoms with Crippen LogP contribution in [-0.4, -0.2) is 19.1 Å². The van der Waals surface area contributed by atoms with Crippen LogP contribution >= 0.6 is 0 Å². The maximum absolute atomic E-state index is 5.37. The Morgan fingerprint density at radius 1 is 0.346 bits per heavy atom. The number of rotatable bonds is 4. The van der Waals surface area contributed by atoms with Crippen molar-refractivity contribution in [1.82, 2.24) is 19.1 Å². The van der Waals surface area contributed by atoms with E-state index < -0.39 is 0 Å². The van der Waals surface area contributed by atoms with Crippen LogP contribution in [0.2, 0.25) is 0 Å². The second kappa shape index (κ2) is 11.2. The Labute approximate surface area is 299 Å². The van der Waals surface area contributed by atoms with Crippen LogP contribution in [-0.2, 0) is 0 Å². The average molecular weight is 663 g/mol. The normalized spacial score (nSPS) is 11.8. The van der Waals surface area contributed by atoms with Gasteiger partial charge in [0.15, 0.2) is 5.82 Å². The first kappa shape index (κ1) is 28.8. The summed E-state index contributed by atoms with van der Waals surface area (Å²) in [6.45, 7) is 0. The molecule has 0 aliphatic rings. The van der Waals surface area contributed by atoms with Crippen molar-refractivity contribution < 1.29 is 0 Å². The van der Waals surface area contributed by atoms with Crippen molar-refractivity contribution in [2.75, 3.05) is 0 Å². The Hall–Kier alpha value is -7.04. The van der Waals surface area contributed by atoms with E-state index in [1.54, 1.807) is 0 Å². The van der Waals surface area contributed by atoms with Gasteiger partial charge in [0.05, 0.1) is 33.1 Å². The lowest BCUT2D eigenvalue weighted by molar-refractivity contribution is 1.08. The van der Waals surface area contributed by atoms with E-state index in [0.29, 0.717) is 0 Å². The van der Waals surface area contributed by atoms with Crippen molar-refractivity contribution in [2.24, 2.45) is 0 Å². The zero-order valence-electron chi connectivity index (χ0n) is 28.1. The van der Waals surface area contributed by atoms with Gasteiger partial charge < -0.3 is 4.57 Å². The van der Waals surface area contributed by atoms with Crippen LogP contribution < -0.4 is 0 Å². The highest BCUT2D eigenvalue weighted by Gasteiger charge is 2.22. The number of para-hydroxylation sites is 3. The molecule has 0 fully saturated rings. The molecule has 4 heteroatoms. The fourth-order valence-corrected chi connectivity index (χ4v) is 8.10. The van der Waals surface area contributed by atoms with Crippen LogP contribution in [0.5, 0.6) is 0 Å². The van der Waals surface area contributed by atoms with Crippen LogP contribution in [0, 0.1) is 0 Å². The van der Waals surface area contributed by atoms with Gasteiger partial charge in [-0.25, -0.2) is 9.97 Å². The van der Waals surface area contributed by atoms with Crippen molar-refractivity contribution >= 4 is 65.4 Å². The fourth-order valence-electron chi connectivity index (χ4n) is 8.10. The predicted octanol–water partition coefficient (Wildman–Crippen LogP) is 12.3. The minimum Gasteiger partial charge on any atom is -0.309 e. The topological polar surface area (TPSA) is 35.6 Å². The Bertz CT molecular complexity index is 3160. The summed E-state index contributed by atoms with van der Waals surface area (Å²) in [6, 6.07) is 64.8. The quantitative estimate of drug-likeness (QED) is 0.188. The van der Waals surface area contributed by atoms with Crippen LogP contribution in [0.1, 0.15) is 0 Å². The number of hydrogen-bond donors (Lipinski definition) is 0. The second-order valence-electron chi connectivity index (χ2n) is 13.4. The molecule has 0 saturated heterocycles. The Morgan fingerprint density at radius 2 is 0.942 bits per heavy atom. The molecule has 11 aromatic rings. The summed E-state index contributed by atoms with van der Waals surface area (Å²) in [5.41, 5.74) is 11.7. The van der Waals surface area contributed by atoms with Crippen molar-refractivity contribution in [1.29, 1.82) is 0 Å². The third-order valence-corrected chi connectivity index (χ3v) is 10.5. The standard InChI is InChI=1S/C48H30N4/c1-3-13-31(14-4-1)32-23-26-35(27-24-32)51-44-30-45-39(29-40(44)38-28-25-33-15-7-8-18-36(33)47(38)51)37-19-9-12-22-43(37)52(45)48-46(34-16-5-2-6-17-34)49-41-20-10-11-21-42(41)50-48/h1-30H. The molecule has 0 unspecified atom stereocenters. The lowest BCUT2D eigenvalue weighted by atomic mass is 10.0. The first-order valence-corrected chi connectivity index (χ1v) is 17.7. The lowest BCUT2D eigenvalue weighted by Crippen LogP contribution is -2.03. The molecule has 0 radical (unpaired) electrons. The van der Waals surface area contributed by atoms with Crippen molar-refractivity contribution in [3.8, 4) is 33.9 Å². The molecule has 0 saturated carbocycles. The van der Waals surface area contributed by atoms with Gasteiger partial charge in [-0.1, -0.05) is 140 Å². The molecule has 8 aromatic carbocycles. The highest BCUT2D eigenvalue weighted by Crippen LogP contribution is 2.42. The van der Waals surface area contributed by atoms with Crippen molar-refractivity contribution in [3.63, 3.8) is 0 Å². The summed E-state index contributed by atoms with van der Waals surface area (Å²) in [5.74, 6) is 0.816. The van der Waals surface area contributed by atoms with E-state index in [1.165, 1.54) is 49.0 Å². The molecule has 52 heavy (non-hydrogen) atoms. The molecule has 3 heterocycles. The maximum atomic E-state index is 5.37. The smallest absolute Gasteiger partial charge is 0.165 e. The van der Waals surface area contributed by atoms with E-state index in [2.05, 4.69) is 167 Å². The predicted molar refractivity (Wildman–Crippen MR) is 217 cm³/mol. The van der Waals surface area contributed by atoms with Crippen LogP contribution in [0.25, 0.3) is 99.3 Å². The van der Waals surface area contributed by atoms with E-state index in [1.807, 2.05) is 24.3 Å². The summed E-state index contributed by atoms with van der Waals surface area (Å²) < 4.78 is 4.78. The van der Waals surface area contributed by atoms with E-state index in [4.69, 9.17) is 9.97 Å².